The van der Waals surface area contributed by atoms with Gasteiger partial charge in [0.15, 0.2) is 0 Å². The molecular weight excluding hydrogens is 478 g/mol. The van der Waals surface area contributed by atoms with Crippen LogP contribution >= 0.6 is 0 Å². The predicted molar refractivity (Wildman–Crippen MR) is 140 cm³/mol. The summed E-state index contributed by atoms with van der Waals surface area (Å²) in [6.07, 6.45) is 3.60. The van der Waals surface area contributed by atoms with Crippen molar-refractivity contribution in [1.82, 2.24) is 20.2 Å². The Balaban J connectivity index is 1.49. The minimum Gasteiger partial charge on any atom is -0.351 e. The van der Waals surface area contributed by atoms with E-state index in [1.54, 1.807) is 6.07 Å². The van der Waals surface area contributed by atoms with E-state index in [-0.39, 0.29) is 22.3 Å². The first kappa shape index (κ1) is 25.6. The van der Waals surface area contributed by atoms with Gasteiger partial charge in [0.05, 0.1) is 10.6 Å². The lowest BCUT2D eigenvalue weighted by Crippen LogP contribution is -2.37. The fourth-order valence-electron chi connectivity index (χ4n) is 4.46. The number of H-pyrrole nitrogens is 1. The van der Waals surface area contributed by atoms with Gasteiger partial charge in [-0.05, 0) is 69.1 Å². The summed E-state index contributed by atoms with van der Waals surface area (Å²) in [6.45, 7) is 7.13. The molecular formula is C26H31N5O4S. The fraction of sp³-hybridized carbons (Fsp3) is 0.346. The first-order valence-corrected chi connectivity index (χ1v) is 13.5. The first-order chi connectivity index (χ1) is 17.2. The molecule has 1 aliphatic heterocycles. The number of aryl methyl sites for hydroxylation is 2. The Morgan fingerprint density at radius 2 is 1.72 bits per heavy atom. The highest BCUT2D eigenvalue weighted by Gasteiger charge is 2.19. The minimum absolute atomic E-state index is 0.105. The predicted octanol–water partition coefficient (Wildman–Crippen LogP) is 3.07. The molecule has 0 bridgehead atoms. The summed E-state index contributed by atoms with van der Waals surface area (Å²) in [5, 5.41) is 2.86. The van der Waals surface area contributed by atoms with Gasteiger partial charge >= 0.3 is 0 Å². The van der Waals surface area contributed by atoms with E-state index in [1.165, 1.54) is 43.5 Å². The molecule has 190 valence electrons. The largest absolute Gasteiger partial charge is 0.351 e. The number of carbonyl (C=O) groups is 1. The molecule has 0 radical (unpaired) electrons. The summed E-state index contributed by atoms with van der Waals surface area (Å²) in [4.78, 5) is 33.9. The number of benzene rings is 2. The van der Waals surface area contributed by atoms with E-state index in [9.17, 15) is 18.0 Å². The molecule has 36 heavy (non-hydrogen) atoms. The molecule has 1 aliphatic rings. The summed E-state index contributed by atoms with van der Waals surface area (Å²) in [6, 6.07) is 12.8. The molecule has 0 spiro atoms. The second-order valence-corrected chi connectivity index (χ2v) is 10.7. The minimum atomic E-state index is -4.11. The molecule has 2 aromatic carbocycles. The summed E-state index contributed by atoms with van der Waals surface area (Å²) >= 11 is 0. The number of amides is 1. The van der Waals surface area contributed by atoms with E-state index in [0.29, 0.717) is 12.2 Å². The molecule has 1 aromatic heterocycles. The molecule has 0 saturated carbocycles. The van der Waals surface area contributed by atoms with Crippen LogP contribution in [0.2, 0.25) is 0 Å². The molecule has 10 heteroatoms. The Bertz CT molecular complexity index is 1390. The standard InChI is InChI=1S/C26H31N5O4S/c1-18-8-6-9-19(2)24(18)22-17-23(32)29-26(28-22)30-36(34,35)21-11-7-10-20(16-21)25(33)27-12-15-31-13-4-3-5-14-31/h6-11,16-17H,3-5,12-15H2,1-2H3,(H,27,33)(H2,28,29,30,32). The Morgan fingerprint density at radius 1 is 1.03 bits per heavy atom. The molecule has 1 fully saturated rings. The number of aromatic nitrogens is 2. The maximum atomic E-state index is 13.1. The monoisotopic (exact) mass is 509 g/mol. The van der Waals surface area contributed by atoms with Crippen LogP contribution in [0, 0.1) is 13.8 Å². The third-order valence-electron chi connectivity index (χ3n) is 6.28. The van der Waals surface area contributed by atoms with Crippen molar-refractivity contribution in [1.29, 1.82) is 0 Å². The summed E-state index contributed by atoms with van der Waals surface area (Å²) in [5.74, 6) is -0.538. The van der Waals surface area contributed by atoms with Crippen molar-refractivity contribution in [3.63, 3.8) is 0 Å². The van der Waals surface area contributed by atoms with Gasteiger partial charge in [0.2, 0.25) is 5.95 Å². The maximum Gasteiger partial charge on any atom is 0.264 e. The molecule has 9 nitrogen and oxygen atoms in total. The number of hydrogen-bond acceptors (Lipinski definition) is 6. The number of nitrogens with one attached hydrogen (secondary N) is 3. The fourth-order valence-corrected chi connectivity index (χ4v) is 5.46. The van der Waals surface area contributed by atoms with Crippen LogP contribution in [0.15, 0.2) is 58.2 Å². The van der Waals surface area contributed by atoms with Gasteiger partial charge in [-0.3, -0.25) is 14.6 Å². The molecule has 3 aromatic rings. The van der Waals surface area contributed by atoms with Crippen LogP contribution < -0.4 is 15.6 Å². The van der Waals surface area contributed by atoms with Gasteiger partial charge in [0.1, 0.15) is 0 Å². The van der Waals surface area contributed by atoms with E-state index in [0.717, 1.165) is 36.3 Å². The SMILES string of the molecule is Cc1cccc(C)c1-c1cc(=O)[nH]c(NS(=O)(=O)c2cccc(C(=O)NCCN3CCCCC3)c2)n1. The van der Waals surface area contributed by atoms with E-state index in [1.807, 2.05) is 32.0 Å². The van der Waals surface area contributed by atoms with Gasteiger partial charge in [-0.15, -0.1) is 0 Å². The topological polar surface area (TPSA) is 124 Å². The van der Waals surface area contributed by atoms with Crippen LogP contribution in [-0.2, 0) is 10.0 Å². The van der Waals surface area contributed by atoms with Crippen molar-refractivity contribution in [2.45, 2.75) is 38.0 Å². The molecule has 4 rings (SSSR count). The van der Waals surface area contributed by atoms with Gasteiger partial charge < -0.3 is 10.2 Å². The number of likely N-dealkylation sites (tertiary alicyclic amines) is 1. The molecule has 3 N–H and O–H groups in total. The van der Waals surface area contributed by atoms with Crippen molar-refractivity contribution in [3.05, 3.63) is 75.6 Å². The highest BCUT2D eigenvalue weighted by Crippen LogP contribution is 2.25. The normalized spacial score (nSPS) is 14.4. The number of rotatable bonds is 8. The maximum absolute atomic E-state index is 13.1. The second-order valence-electron chi connectivity index (χ2n) is 9.04. The van der Waals surface area contributed by atoms with E-state index in [4.69, 9.17) is 0 Å². The number of aromatic amines is 1. The molecule has 2 heterocycles. The highest BCUT2D eigenvalue weighted by atomic mass is 32.2. The van der Waals surface area contributed by atoms with Crippen molar-refractivity contribution >= 4 is 21.9 Å². The summed E-state index contributed by atoms with van der Waals surface area (Å²) < 4.78 is 28.5. The van der Waals surface area contributed by atoms with E-state index >= 15 is 0 Å². The van der Waals surface area contributed by atoms with Gasteiger partial charge in [-0.1, -0.05) is 30.7 Å². The van der Waals surface area contributed by atoms with Crippen molar-refractivity contribution in [3.8, 4) is 11.3 Å². The molecule has 0 atom stereocenters. The zero-order chi connectivity index (χ0) is 25.7. The second kappa shape index (κ2) is 11.0. The van der Waals surface area contributed by atoms with Crippen molar-refractivity contribution in [2.75, 3.05) is 30.9 Å². The Kier molecular flexibility index (Phi) is 7.85. The first-order valence-electron chi connectivity index (χ1n) is 12.0. The average Bonchev–Trinajstić information content (AvgIpc) is 2.84. The van der Waals surface area contributed by atoms with Crippen LogP contribution in [0.1, 0.15) is 40.7 Å². The van der Waals surface area contributed by atoms with Gasteiger partial charge in [-0.25, -0.2) is 18.1 Å². The van der Waals surface area contributed by atoms with E-state index < -0.39 is 15.6 Å². The number of sulfonamides is 1. The van der Waals surface area contributed by atoms with Crippen LogP contribution in [0.5, 0.6) is 0 Å². The number of hydrogen-bond donors (Lipinski definition) is 3. The van der Waals surface area contributed by atoms with Crippen LogP contribution in [-0.4, -0.2) is 55.4 Å². The molecule has 1 amide bonds. The molecule has 0 aliphatic carbocycles. The quantitative estimate of drug-likeness (QED) is 0.429. The zero-order valence-corrected chi connectivity index (χ0v) is 21.3. The lowest BCUT2D eigenvalue weighted by Gasteiger charge is -2.26. The Labute approximate surface area is 211 Å². The Hall–Kier alpha value is -3.50. The number of piperidine rings is 1. The van der Waals surface area contributed by atoms with E-state index in [2.05, 4.69) is 24.9 Å². The molecule has 1 saturated heterocycles. The van der Waals surface area contributed by atoms with Gasteiger partial charge in [0, 0.05) is 30.3 Å². The van der Waals surface area contributed by atoms with Crippen molar-refractivity contribution < 1.29 is 13.2 Å². The van der Waals surface area contributed by atoms with Crippen LogP contribution in [0.3, 0.4) is 0 Å². The lowest BCUT2D eigenvalue weighted by molar-refractivity contribution is 0.0946. The Morgan fingerprint density at radius 3 is 2.44 bits per heavy atom. The smallest absolute Gasteiger partial charge is 0.264 e. The van der Waals surface area contributed by atoms with Crippen LogP contribution in [0.4, 0.5) is 5.95 Å². The third kappa shape index (κ3) is 6.19. The third-order valence-corrected chi connectivity index (χ3v) is 7.62. The van der Waals surface area contributed by atoms with Crippen LogP contribution in [0.25, 0.3) is 11.3 Å². The number of carbonyl (C=O) groups excluding carboxylic acids is 1. The summed E-state index contributed by atoms with van der Waals surface area (Å²) in [5.41, 5.74) is 2.73. The van der Waals surface area contributed by atoms with Crippen molar-refractivity contribution in [2.24, 2.45) is 0 Å². The molecule has 0 unspecified atom stereocenters. The summed E-state index contributed by atoms with van der Waals surface area (Å²) in [7, 11) is -4.11. The zero-order valence-electron chi connectivity index (χ0n) is 20.5. The number of anilines is 1. The van der Waals surface area contributed by atoms with Gasteiger partial charge in [-0.2, -0.15) is 0 Å². The lowest BCUT2D eigenvalue weighted by atomic mass is 10.00. The van der Waals surface area contributed by atoms with Gasteiger partial charge in [0.25, 0.3) is 21.5 Å². The number of nitrogens with zero attached hydrogens (tertiary/aromatic N) is 2. The average molecular weight is 510 g/mol. The highest BCUT2D eigenvalue weighted by molar-refractivity contribution is 7.92.